The smallest absolute Gasteiger partial charge is 0.214 e. The Bertz CT molecular complexity index is 354. The molecule has 1 saturated carbocycles. The van der Waals surface area contributed by atoms with Crippen LogP contribution in [0.1, 0.15) is 52.9 Å². The van der Waals surface area contributed by atoms with Gasteiger partial charge < -0.3 is 5.32 Å². The molecule has 5 heteroatoms. The molecule has 0 amide bonds. The highest BCUT2D eigenvalue weighted by Crippen LogP contribution is 2.28. The van der Waals surface area contributed by atoms with Crippen LogP contribution < -0.4 is 5.32 Å². The third-order valence-electron chi connectivity index (χ3n) is 3.99. The van der Waals surface area contributed by atoms with Crippen LogP contribution in [0.25, 0.3) is 0 Å². The molecule has 0 aromatic carbocycles. The normalized spacial score (nSPS) is 25.2. The molecule has 0 aromatic rings. The van der Waals surface area contributed by atoms with Gasteiger partial charge in [-0.05, 0) is 31.7 Å². The van der Waals surface area contributed by atoms with Crippen molar-refractivity contribution in [3.05, 3.63) is 0 Å². The van der Waals surface area contributed by atoms with Crippen molar-refractivity contribution in [3.8, 4) is 0 Å². The van der Waals surface area contributed by atoms with Crippen LogP contribution in [0.4, 0.5) is 0 Å². The number of nitrogens with one attached hydrogen (secondary N) is 1. The molecule has 0 aromatic heterocycles. The summed E-state index contributed by atoms with van der Waals surface area (Å²) in [6, 6.07) is 0.631. The Kier molecular flexibility index (Phi) is 6.77. The van der Waals surface area contributed by atoms with Gasteiger partial charge in [-0.3, -0.25) is 0 Å². The minimum Gasteiger partial charge on any atom is -0.314 e. The maximum atomic E-state index is 12.3. The first-order valence-electron chi connectivity index (χ1n) is 7.52. The molecule has 2 unspecified atom stereocenters. The van der Waals surface area contributed by atoms with Crippen LogP contribution in [-0.2, 0) is 10.0 Å². The molecule has 0 aliphatic heterocycles. The SMILES string of the molecule is CC1CCCC(N(C)S(=O)(=O)CCCNC(C)C)C1. The maximum Gasteiger partial charge on any atom is 0.214 e. The zero-order valence-electron chi connectivity index (χ0n) is 12.9. The topological polar surface area (TPSA) is 49.4 Å². The number of hydrogen-bond donors (Lipinski definition) is 1. The Balaban J connectivity index is 2.42. The van der Waals surface area contributed by atoms with E-state index >= 15 is 0 Å². The number of sulfonamides is 1. The van der Waals surface area contributed by atoms with E-state index in [9.17, 15) is 8.42 Å². The third-order valence-corrected chi connectivity index (χ3v) is 5.97. The molecule has 0 heterocycles. The first-order valence-corrected chi connectivity index (χ1v) is 9.13. The summed E-state index contributed by atoms with van der Waals surface area (Å²) in [5, 5.41) is 3.26. The standard InChI is InChI=1S/C14H30N2O2S/c1-12(2)15-9-6-10-19(17,18)16(4)14-8-5-7-13(3)11-14/h12-15H,5-11H2,1-4H3. The molecule has 19 heavy (non-hydrogen) atoms. The highest BCUT2D eigenvalue weighted by atomic mass is 32.2. The van der Waals surface area contributed by atoms with Crippen molar-refractivity contribution in [1.82, 2.24) is 9.62 Å². The molecule has 114 valence electrons. The molecule has 0 radical (unpaired) electrons. The highest BCUT2D eigenvalue weighted by Gasteiger charge is 2.29. The minimum absolute atomic E-state index is 0.215. The summed E-state index contributed by atoms with van der Waals surface area (Å²) >= 11 is 0. The average molecular weight is 290 g/mol. The molecule has 0 bridgehead atoms. The van der Waals surface area contributed by atoms with Gasteiger partial charge in [0.05, 0.1) is 5.75 Å². The predicted molar refractivity (Wildman–Crippen MR) is 80.7 cm³/mol. The second kappa shape index (κ2) is 7.60. The van der Waals surface area contributed by atoms with Crippen molar-refractivity contribution >= 4 is 10.0 Å². The van der Waals surface area contributed by atoms with E-state index in [4.69, 9.17) is 0 Å². The Morgan fingerprint density at radius 3 is 2.58 bits per heavy atom. The molecule has 1 N–H and O–H groups in total. The minimum atomic E-state index is -3.09. The Morgan fingerprint density at radius 1 is 1.32 bits per heavy atom. The fourth-order valence-electron chi connectivity index (χ4n) is 2.75. The molecule has 4 nitrogen and oxygen atoms in total. The fourth-order valence-corrected chi connectivity index (χ4v) is 4.19. The quantitative estimate of drug-likeness (QED) is 0.731. The molecule has 1 fully saturated rings. The van der Waals surface area contributed by atoms with Gasteiger partial charge in [0.1, 0.15) is 0 Å². The lowest BCUT2D eigenvalue weighted by molar-refractivity contribution is 0.239. The van der Waals surface area contributed by atoms with Crippen molar-refractivity contribution in [3.63, 3.8) is 0 Å². The molecule has 2 atom stereocenters. The molecular formula is C14H30N2O2S. The lowest BCUT2D eigenvalue weighted by Crippen LogP contribution is -2.41. The Morgan fingerprint density at radius 2 is 2.00 bits per heavy atom. The molecule has 1 aliphatic carbocycles. The van der Waals surface area contributed by atoms with E-state index in [1.54, 1.807) is 11.4 Å². The van der Waals surface area contributed by atoms with Crippen LogP contribution in [0, 0.1) is 5.92 Å². The molecular weight excluding hydrogens is 260 g/mol. The molecule has 0 saturated heterocycles. The third kappa shape index (κ3) is 5.79. The van der Waals surface area contributed by atoms with Crippen LogP contribution in [-0.4, -0.2) is 44.2 Å². The van der Waals surface area contributed by atoms with Crippen LogP contribution >= 0.6 is 0 Å². The van der Waals surface area contributed by atoms with Crippen LogP contribution in [0.5, 0.6) is 0 Å². The van der Waals surface area contributed by atoms with E-state index in [-0.39, 0.29) is 11.8 Å². The van der Waals surface area contributed by atoms with Gasteiger partial charge in [-0.25, -0.2) is 12.7 Å². The summed E-state index contributed by atoms with van der Waals surface area (Å²) in [5.41, 5.74) is 0. The van der Waals surface area contributed by atoms with Crippen molar-refractivity contribution in [1.29, 1.82) is 0 Å². The van der Waals surface area contributed by atoms with Gasteiger partial charge in [-0.15, -0.1) is 0 Å². The lowest BCUT2D eigenvalue weighted by atomic mass is 9.87. The summed E-state index contributed by atoms with van der Waals surface area (Å²) in [6.07, 6.45) is 5.11. The van der Waals surface area contributed by atoms with Crippen molar-refractivity contribution in [2.75, 3.05) is 19.3 Å². The highest BCUT2D eigenvalue weighted by molar-refractivity contribution is 7.89. The van der Waals surface area contributed by atoms with Crippen molar-refractivity contribution in [2.24, 2.45) is 5.92 Å². The average Bonchev–Trinajstić information content (AvgIpc) is 2.33. The summed E-state index contributed by atoms with van der Waals surface area (Å²) in [6.45, 7) is 7.14. The molecule has 1 aliphatic rings. The van der Waals surface area contributed by atoms with E-state index < -0.39 is 10.0 Å². The van der Waals surface area contributed by atoms with Gasteiger partial charge in [0.15, 0.2) is 0 Å². The second-order valence-electron chi connectivity index (χ2n) is 6.22. The van der Waals surface area contributed by atoms with Crippen LogP contribution in [0.15, 0.2) is 0 Å². The molecule has 0 spiro atoms. The number of nitrogens with zero attached hydrogens (tertiary/aromatic N) is 1. The van der Waals surface area contributed by atoms with E-state index in [0.717, 1.165) is 25.8 Å². The van der Waals surface area contributed by atoms with E-state index in [2.05, 4.69) is 26.1 Å². The fraction of sp³-hybridized carbons (Fsp3) is 1.00. The zero-order chi connectivity index (χ0) is 14.5. The second-order valence-corrected chi connectivity index (χ2v) is 8.37. The first kappa shape index (κ1) is 16.9. The van der Waals surface area contributed by atoms with Crippen molar-refractivity contribution < 1.29 is 8.42 Å². The summed E-state index contributed by atoms with van der Waals surface area (Å²) < 4.78 is 26.2. The maximum absolute atomic E-state index is 12.3. The van der Waals surface area contributed by atoms with Gasteiger partial charge in [0.25, 0.3) is 0 Å². The van der Waals surface area contributed by atoms with Gasteiger partial charge in [-0.2, -0.15) is 0 Å². The van der Waals surface area contributed by atoms with Gasteiger partial charge in [-0.1, -0.05) is 33.6 Å². The molecule has 1 rings (SSSR count). The Labute approximate surface area is 119 Å². The summed E-state index contributed by atoms with van der Waals surface area (Å²) in [7, 11) is -1.33. The lowest BCUT2D eigenvalue weighted by Gasteiger charge is -2.33. The summed E-state index contributed by atoms with van der Waals surface area (Å²) in [4.78, 5) is 0. The van der Waals surface area contributed by atoms with E-state index in [0.29, 0.717) is 18.4 Å². The Hall–Kier alpha value is -0.130. The van der Waals surface area contributed by atoms with E-state index in [1.165, 1.54) is 6.42 Å². The number of hydrogen-bond acceptors (Lipinski definition) is 3. The predicted octanol–water partition coefficient (Wildman–Crippen LogP) is 2.21. The van der Waals surface area contributed by atoms with Gasteiger partial charge >= 0.3 is 0 Å². The van der Waals surface area contributed by atoms with Crippen LogP contribution in [0.3, 0.4) is 0 Å². The van der Waals surface area contributed by atoms with E-state index in [1.807, 2.05) is 0 Å². The largest absolute Gasteiger partial charge is 0.314 e. The monoisotopic (exact) mass is 290 g/mol. The van der Waals surface area contributed by atoms with Gasteiger partial charge in [0, 0.05) is 19.1 Å². The number of rotatable bonds is 7. The first-order chi connectivity index (χ1) is 8.83. The zero-order valence-corrected chi connectivity index (χ0v) is 13.7. The summed E-state index contributed by atoms with van der Waals surface area (Å²) in [5.74, 6) is 0.910. The van der Waals surface area contributed by atoms with Gasteiger partial charge in [0.2, 0.25) is 10.0 Å². The van der Waals surface area contributed by atoms with Crippen LogP contribution in [0.2, 0.25) is 0 Å². The van der Waals surface area contributed by atoms with Crippen molar-refractivity contribution in [2.45, 2.75) is 65.0 Å².